The summed E-state index contributed by atoms with van der Waals surface area (Å²) < 4.78 is 21.3. The number of rotatable bonds is 7. The number of benzene rings is 2. The molecule has 0 aliphatic carbocycles. The maximum Gasteiger partial charge on any atom is 0.344 e. The van der Waals surface area contributed by atoms with Gasteiger partial charge < -0.3 is 18.9 Å². The lowest BCUT2D eigenvalue weighted by Gasteiger charge is -2.13. The molecule has 0 N–H and O–H groups in total. The number of carbonyl (C=O) groups excluding carboxylic acids is 1. The molecule has 5 heteroatoms. The first kappa shape index (κ1) is 18.6. The van der Waals surface area contributed by atoms with Crippen molar-refractivity contribution in [1.29, 1.82) is 0 Å². The van der Waals surface area contributed by atoms with Gasteiger partial charge in [-0.1, -0.05) is 6.07 Å². The first-order chi connectivity index (χ1) is 11.9. The normalized spacial score (nSPS) is 10.3. The number of hydrogen-bond acceptors (Lipinski definition) is 5. The van der Waals surface area contributed by atoms with E-state index in [4.69, 9.17) is 18.9 Å². The van der Waals surface area contributed by atoms with E-state index in [9.17, 15) is 4.79 Å². The maximum absolute atomic E-state index is 11.9. The van der Waals surface area contributed by atoms with Gasteiger partial charge in [-0.15, -0.1) is 0 Å². The van der Waals surface area contributed by atoms with Crippen molar-refractivity contribution in [1.82, 2.24) is 0 Å². The Labute approximate surface area is 148 Å². The van der Waals surface area contributed by atoms with Crippen LogP contribution >= 0.6 is 0 Å². The van der Waals surface area contributed by atoms with E-state index in [0.717, 1.165) is 22.3 Å². The second-order valence-electron chi connectivity index (χ2n) is 5.91. The van der Waals surface area contributed by atoms with Crippen molar-refractivity contribution in [2.24, 2.45) is 0 Å². The summed E-state index contributed by atoms with van der Waals surface area (Å²) in [6, 6.07) is 9.49. The van der Waals surface area contributed by atoms with Gasteiger partial charge in [-0.3, -0.25) is 0 Å². The van der Waals surface area contributed by atoms with Gasteiger partial charge in [-0.25, -0.2) is 4.79 Å². The van der Waals surface area contributed by atoms with Crippen LogP contribution in [0.25, 0.3) is 0 Å². The van der Waals surface area contributed by atoms with Crippen LogP contribution in [0.3, 0.4) is 0 Å². The van der Waals surface area contributed by atoms with Crippen LogP contribution in [0.5, 0.6) is 17.2 Å². The van der Waals surface area contributed by atoms with Gasteiger partial charge in [0.05, 0.1) is 14.2 Å². The van der Waals surface area contributed by atoms with Crippen molar-refractivity contribution in [3.63, 3.8) is 0 Å². The van der Waals surface area contributed by atoms with Crippen molar-refractivity contribution < 1.29 is 23.7 Å². The van der Waals surface area contributed by atoms with Crippen LogP contribution in [0.1, 0.15) is 22.3 Å². The van der Waals surface area contributed by atoms with Crippen LogP contribution in [0, 0.1) is 20.8 Å². The largest absolute Gasteiger partial charge is 0.493 e. The summed E-state index contributed by atoms with van der Waals surface area (Å²) in [4.78, 5) is 11.9. The summed E-state index contributed by atoms with van der Waals surface area (Å²) in [5.74, 6) is 1.49. The molecule has 0 unspecified atom stereocenters. The molecule has 0 saturated heterocycles. The second-order valence-corrected chi connectivity index (χ2v) is 5.91. The van der Waals surface area contributed by atoms with E-state index >= 15 is 0 Å². The lowest BCUT2D eigenvalue weighted by atomic mass is 10.1. The van der Waals surface area contributed by atoms with Crippen LogP contribution in [0.2, 0.25) is 0 Å². The van der Waals surface area contributed by atoms with E-state index in [1.54, 1.807) is 14.2 Å². The fourth-order valence-electron chi connectivity index (χ4n) is 2.54. The molecule has 0 spiro atoms. The van der Waals surface area contributed by atoms with E-state index < -0.39 is 5.97 Å². The lowest BCUT2D eigenvalue weighted by Crippen LogP contribution is -2.15. The first-order valence-corrected chi connectivity index (χ1v) is 8.01. The monoisotopic (exact) mass is 344 g/mol. The molecule has 0 amide bonds. The Morgan fingerprint density at radius 1 is 0.880 bits per heavy atom. The predicted octanol–water partition coefficient (Wildman–Crippen LogP) is 3.75. The summed E-state index contributed by atoms with van der Waals surface area (Å²) in [5.41, 5.74) is 3.99. The quantitative estimate of drug-likeness (QED) is 0.716. The zero-order valence-corrected chi connectivity index (χ0v) is 15.3. The third-order valence-electron chi connectivity index (χ3n) is 3.78. The van der Waals surface area contributed by atoms with Gasteiger partial charge in [0.15, 0.2) is 18.1 Å². The number of hydrogen-bond donors (Lipinski definition) is 0. The Morgan fingerprint density at radius 2 is 1.48 bits per heavy atom. The smallest absolute Gasteiger partial charge is 0.344 e. The molecule has 2 rings (SSSR count). The van der Waals surface area contributed by atoms with Crippen LogP contribution in [0.4, 0.5) is 0 Å². The summed E-state index contributed by atoms with van der Waals surface area (Å²) in [6.07, 6.45) is 0. The zero-order valence-electron chi connectivity index (χ0n) is 15.3. The third kappa shape index (κ3) is 5.14. The van der Waals surface area contributed by atoms with Crippen molar-refractivity contribution in [3.8, 4) is 17.2 Å². The van der Waals surface area contributed by atoms with E-state index in [-0.39, 0.29) is 13.2 Å². The number of carbonyl (C=O) groups is 1. The maximum atomic E-state index is 11.9. The highest BCUT2D eigenvalue weighted by molar-refractivity contribution is 5.71. The Morgan fingerprint density at radius 3 is 2.08 bits per heavy atom. The predicted molar refractivity (Wildman–Crippen MR) is 95.5 cm³/mol. The SMILES string of the molecule is COc1cc(C)c(COC(=O)COc2cc(C)cc(C)c2)cc1OC. The first-order valence-electron chi connectivity index (χ1n) is 8.01. The Hall–Kier alpha value is -2.69. The average Bonchev–Trinajstić information content (AvgIpc) is 2.57. The standard InChI is InChI=1S/C20H24O5/c1-13-6-14(2)8-17(7-13)24-12-20(21)25-11-16-10-19(23-5)18(22-4)9-15(16)3/h6-10H,11-12H2,1-5H3. The fraction of sp³-hybridized carbons (Fsp3) is 0.350. The Bertz CT molecular complexity index is 732. The number of esters is 1. The molecular weight excluding hydrogens is 320 g/mol. The van der Waals surface area contributed by atoms with Crippen LogP contribution in [-0.4, -0.2) is 26.8 Å². The van der Waals surface area contributed by atoms with Crippen molar-refractivity contribution in [2.75, 3.05) is 20.8 Å². The van der Waals surface area contributed by atoms with Gasteiger partial charge in [0.1, 0.15) is 12.4 Å². The highest BCUT2D eigenvalue weighted by atomic mass is 16.6. The minimum Gasteiger partial charge on any atom is -0.493 e. The molecule has 0 aliphatic rings. The summed E-state index contributed by atoms with van der Waals surface area (Å²) >= 11 is 0. The molecular formula is C20H24O5. The number of methoxy groups -OCH3 is 2. The molecule has 5 nitrogen and oxygen atoms in total. The Kier molecular flexibility index (Phi) is 6.28. The fourth-order valence-corrected chi connectivity index (χ4v) is 2.54. The molecule has 2 aromatic carbocycles. The van der Waals surface area contributed by atoms with Crippen molar-refractivity contribution >= 4 is 5.97 Å². The molecule has 0 aromatic heterocycles. The van der Waals surface area contributed by atoms with E-state index in [1.807, 2.05) is 51.1 Å². The van der Waals surface area contributed by atoms with Gasteiger partial charge in [0, 0.05) is 0 Å². The zero-order chi connectivity index (χ0) is 18.4. The van der Waals surface area contributed by atoms with E-state index in [1.165, 1.54) is 0 Å². The Balaban J connectivity index is 1.93. The molecule has 0 radical (unpaired) electrons. The highest BCUT2D eigenvalue weighted by Gasteiger charge is 2.11. The van der Waals surface area contributed by atoms with E-state index in [0.29, 0.717) is 17.2 Å². The molecule has 0 atom stereocenters. The number of ether oxygens (including phenoxy) is 4. The second kappa shape index (κ2) is 8.42. The minimum atomic E-state index is -0.423. The third-order valence-corrected chi connectivity index (χ3v) is 3.78. The van der Waals surface area contributed by atoms with Gasteiger partial charge in [-0.05, 0) is 67.3 Å². The minimum absolute atomic E-state index is 0.130. The summed E-state index contributed by atoms with van der Waals surface area (Å²) in [6.45, 7) is 5.92. The molecule has 0 aliphatic heterocycles. The van der Waals surface area contributed by atoms with E-state index in [2.05, 4.69) is 0 Å². The average molecular weight is 344 g/mol. The molecule has 2 aromatic rings. The molecule has 25 heavy (non-hydrogen) atoms. The summed E-state index contributed by atoms with van der Waals surface area (Å²) in [7, 11) is 3.15. The van der Waals surface area contributed by atoms with Gasteiger partial charge in [0.2, 0.25) is 0 Å². The molecule has 0 saturated carbocycles. The molecule has 0 heterocycles. The molecule has 0 fully saturated rings. The van der Waals surface area contributed by atoms with Crippen LogP contribution in [0.15, 0.2) is 30.3 Å². The van der Waals surface area contributed by atoms with Gasteiger partial charge in [-0.2, -0.15) is 0 Å². The van der Waals surface area contributed by atoms with Crippen molar-refractivity contribution in [3.05, 3.63) is 52.6 Å². The van der Waals surface area contributed by atoms with Crippen molar-refractivity contribution in [2.45, 2.75) is 27.4 Å². The van der Waals surface area contributed by atoms with Gasteiger partial charge in [0.25, 0.3) is 0 Å². The molecule has 134 valence electrons. The van der Waals surface area contributed by atoms with Crippen LogP contribution < -0.4 is 14.2 Å². The topological polar surface area (TPSA) is 54.0 Å². The van der Waals surface area contributed by atoms with Crippen LogP contribution in [-0.2, 0) is 16.1 Å². The van der Waals surface area contributed by atoms with Gasteiger partial charge >= 0.3 is 5.97 Å². The number of aryl methyl sites for hydroxylation is 3. The molecule has 0 bridgehead atoms. The summed E-state index contributed by atoms with van der Waals surface area (Å²) in [5, 5.41) is 0. The highest BCUT2D eigenvalue weighted by Crippen LogP contribution is 2.30. The lowest BCUT2D eigenvalue weighted by molar-refractivity contribution is -0.147.